The van der Waals surface area contributed by atoms with Crippen LogP contribution in [0.15, 0.2) is 22.7 Å². The predicted octanol–water partition coefficient (Wildman–Crippen LogP) is 3.46. The second kappa shape index (κ2) is 5.01. The first-order valence-corrected chi connectivity index (χ1v) is 6.28. The Morgan fingerprint density at radius 3 is 2.40 bits per heavy atom. The molecule has 20 heavy (non-hydrogen) atoms. The van der Waals surface area contributed by atoms with Crippen molar-refractivity contribution in [1.29, 1.82) is 0 Å². The second-order valence-corrected chi connectivity index (χ2v) is 4.97. The third-order valence-electron chi connectivity index (χ3n) is 2.76. The summed E-state index contributed by atoms with van der Waals surface area (Å²) in [5, 5.41) is 4.06. The molecule has 0 aliphatic carbocycles. The highest BCUT2D eigenvalue weighted by Crippen LogP contribution is 2.42. The number of alkyl halides is 3. The fourth-order valence-corrected chi connectivity index (χ4v) is 2.40. The van der Waals surface area contributed by atoms with E-state index in [9.17, 15) is 13.2 Å². The van der Waals surface area contributed by atoms with E-state index >= 15 is 0 Å². The number of nitrogens with zero attached hydrogens (tertiary/aromatic N) is 2. The number of nitrogens with two attached hydrogens (primary N) is 1. The van der Waals surface area contributed by atoms with Crippen LogP contribution >= 0.6 is 15.9 Å². The Morgan fingerprint density at radius 2 is 1.95 bits per heavy atom. The zero-order valence-electron chi connectivity index (χ0n) is 10.6. The summed E-state index contributed by atoms with van der Waals surface area (Å²) in [6.07, 6.45) is -4.52. The number of hydrogen-bond acceptors (Lipinski definition) is 3. The lowest BCUT2D eigenvalue weighted by atomic mass is 10.1. The Morgan fingerprint density at radius 1 is 1.30 bits per heavy atom. The lowest BCUT2D eigenvalue weighted by Gasteiger charge is -2.14. The number of methoxy groups -OCH3 is 1. The molecule has 0 fully saturated rings. The van der Waals surface area contributed by atoms with Gasteiger partial charge in [0.15, 0.2) is 0 Å². The molecule has 0 saturated carbocycles. The van der Waals surface area contributed by atoms with Crippen molar-refractivity contribution in [3.05, 3.63) is 28.2 Å². The minimum Gasteiger partial charge on any atom is -0.495 e. The Kier molecular flexibility index (Phi) is 3.68. The van der Waals surface area contributed by atoms with Crippen LogP contribution in [0.3, 0.4) is 0 Å². The molecule has 0 radical (unpaired) electrons. The molecular formula is C12H11BrF3N3O. The van der Waals surface area contributed by atoms with Crippen molar-refractivity contribution in [3.63, 3.8) is 0 Å². The monoisotopic (exact) mass is 349 g/mol. The van der Waals surface area contributed by atoms with Gasteiger partial charge in [-0.1, -0.05) is 0 Å². The van der Waals surface area contributed by atoms with E-state index in [0.29, 0.717) is 17.1 Å². The summed E-state index contributed by atoms with van der Waals surface area (Å²) in [5.74, 6) is 0.102. The van der Waals surface area contributed by atoms with Gasteiger partial charge in [0, 0.05) is 18.7 Å². The Bertz CT molecular complexity index is 633. The Balaban J connectivity index is 2.65. The van der Waals surface area contributed by atoms with Crippen LogP contribution < -0.4 is 10.5 Å². The number of benzene rings is 1. The molecule has 0 amide bonds. The number of ether oxygens (including phenoxy) is 1. The van der Waals surface area contributed by atoms with Crippen molar-refractivity contribution in [2.75, 3.05) is 12.8 Å². The van der Waals surface area contributed by atoms with Gasteiger partial charge in [-0.15, -0.1) is 0 Å². The smallest absolute Gasteiger partial charge is 0.420 e. The van der Waals surface area contributed by atoms with E-state index in [2.05, 4.69) is 21.0 Å². The maximum atomic E-state index is 13.0. The van der Waals surface area contributed by atoms with Gasteiger partial charge < -0.3 is 10.5 Å². The van der Waals surface area contributed by atoms with Crippen molar-refractivity contribution in [2.45, 2.75) is 6.18 Å². The molecule has 0 saturated heterocycles. The molecule has 108 valence electrons. The van der Waals surface area contributed by atoms with E-state index in [1.807, 2.05) is 0 Å². The van der Waals surface area contributed by atoms with Gasteiger partial charge in [-0.3, -0.25) is 4.68 Å². The van der Waals surface area contributed by atoms with Crippen LogP contribution in [0.4, 0.5) is 19.0 Å². The molecule has 0 atom stereocenters. The number of hydrogen-bond donors (Lipinski definition) is 1. The van der Waals surface area contributed by atoms with E-state index in [1.54, 1.807) is 7.05 Å². The predicted molar refractivity (Wildman–Crippen MR) is 72.3 cm³/mol. The molecule has 0 unspecified atom stereocenters. The fourth-order valence-electron chi connectivity index (χ4n) is 1.78. The molecule has 0 aliphatic heterocycles. The van der Waals surface area contributed by atoms with E-state index in [1.165, 1.54) is 23.9 Å². The molecule has 4 nitrogen and oxygen atoms in total. The largest absolute Gasteiger partial charge is 0.495 e. The number of aromatic nitrogens is 2. The summed E-state index contributed by atoms with van der Waals surface area (Å²) in [5.41, 5.74) is 5.43. The number of aryl methyl sites for hydroxylation is 1. The average molecular weight is 350 g/mol. The van der Waals surface area contributed by atoms with Gasteiger partial charge in [-0.05, 0) is 28.1 Å². The van der Waals surface area contributed by atoms with Crippen LogP contribution in [0.2, 0.25) is 0 Å². The van der Waals surface area contributed by atoms with E-state index < -0.39 is 11.7 Å². The molecule has 2 aromatic rings. The van der Waals surface area contributed by atoms with Gasteiger partial charge in [0.25, 0.3) is 0 Å². The van der Waals surface area contributed by atoms with Crippen LogP contribution in [-0.2, 0) is 13.2 Å². The number of nitrogen functional groups attached to an aromatic ring is 1. The maximum absolute atomic E-state index is 13.0. The topological polar surface area (TPSA) is 53.1 Å². The zero-order chi connectivity index (χ0) is 15.1. The highest BCUT2D eigenvalue weighted by atomic mass is 79.9. The van der Waals surface area contributed by atoms with Gasteiger partial charge in [0.05, 0.1) is 22.8 Å². The molecule has 2 N–H and O–H groups in total. The van der Waals surface area contributed by atoms with E-state index in [0.717, 1.165) is 6.07 Å². The quantitative estimate of drug-likeness (QED) is 0.903. The van der Waals surface area contributed by atoms with Crippen LogP contribution in [-0.4, -0.2) is 16.9 Å². The maximum Gasteiger partial charge on any atom is 0.420 e. The molecule has 1 heterocycles. The highest BCUT2D eigenvalue weighted by Gasteiger charge is 2.36. The highest BCUT2D eigenvalue weighted by molar-refractivity contribution is 9.10. The van der Waals surface area contributed by atoms with Crippen LogP contribution in [0.1, 0.15) is 5.56 Å². The molecular weight excluding hydrogens is 339 g/mol. The fraction of sp³-hybridized carbons (Fsp3) is 0.250. The minimum absolute atomic E-state index is 0.203. The molecule has 0 bridgehead atoms. The first kappa shape index (κ1) is 14.7. The number of anilines is 1. The molecule has 8 heteroatoms. The minimum atomic E-state index is -4.52. The van der Waals surface area contributed by atoms with Gasteiger partial charge in [0.1, 0.15) is 11.6 Å². The van der Waals surface area contributed by atoms with Crippen molar-refractivity contribution in [2.24, 2.45) is 7.05 Å². The Labute approximate surface area is 121 Å². The van der Waals surface area contributed by atoms with Crippen LogP contribution in [0, 0.1) is 0 Å². The van der Waals surface area contributed by atoms with Crippen LogP contribution in [0.5, 0.6) is 5.75 Å². The third-order valence-corrected chi connectivity index (χ3v) is 3.35. The molecule has 0 aliphatic rings. The lowest BCUT2D eigenvalue weighted by Crippen LogP contribution is -2.08. The zero-order valence-corrected chi connectivity index (χ0v) is 12.2. The Hall–Kier alpha value is -1.70. The average Bonchev–Trinajstić information content (AvgIpc) is 2.67. The summed E-state index contributed by atoms with van der Waals surface area (Å²) in [6.45, 7) is 0. The first-order valence-electron chi connectivity index (χ1n) is 5.48. The molecule has 2 rings (SSSR count). The summed E-state index contributed by atoms with van der Waals surface area (Å²) >= 11 is 3.08. The molecule has 1 aromatic heterocycles. The second-order valence-electron chi connectivity index (χ2n) is 4.11. The van der Waals surface area contributed by atoms with Crippen molar-refractivity contribution in [3.8, 4) is 17.0 Å². The molecule has 1 aromatic carbocycles. The first-order chi connectivity index (χ1) is 9.24. The van der Waals surface area contributed by atoms with Gasteiger partial charge in [-0.2, -0.15) is 18.3 Å². The van der Waals surface area contributed by atoms with Crippen LogP contribution in [0.25, 0.3) is 11.3 Å². The van der Waals surface area contributed by atoms with Crippen molar-refractivity contribution >= 4 is 21.7 Å². The summed E-state index contributed by atoms with van der Waals surface area (Å²) in [7, 11) is 2.80. The van der Waals surface area contributed by atoms with Crippen molar-refractivity contribution in [1.82, 2.24) is 9.78 Å². The standard InChI is InChI=1S/C12H11BrF3N3O/c1-19-10(17)5-9(18-19)6-3-7(12(14,15)16)11(20-2)8(13)4-6/h3-5H,17H2,1-2H3. The molecule has 0 spiro atoms. The summed E-state index contributed by atoms with van der Waals surface area (Å²) in [4.78, 5) is 0. The van der Waals surface area contributed by atoms with Gasteiger partial charge >= 0.3 is 6.18 Å². The van der Waals surface area contributed by atoms with Gasteiger partial charge in [-0.25, -0.2) is 0 Å². The summed E-state index contributed by atoms with van der Waals surface area (Å²) < 4.78 is 45.5. The summed E-state index contributed by atoms with van der Waals surface area (Å²) in [6, 6.07) is 4.01. The van der Waals surface area contributed by atoms with Crippen molar-refractivity contribution < 1.29 is 17.9 Å². The normalized spacial score (nSPS) is 11.7. The van der Waals surface area contributed by atoms with Gasteiger partial charge in [0.2, 0.25) is 0 Å². The SMILES string of the molecule is COc1c(Br)cc(-c2cc(N)n(C)n2)cc1C(F)(F)F. The number of rotatable bonds is 2. The van der Waals surface area contributed by atoms with E-state index in [-0.39, 0.29) is 10.2 Å². The lowest BCUT2D eigenvalue weighted by molar-refractivity contribution is -0.138. The third kappa shape index (κ3) is 2.60. The number of halogens is 4. The van der Waals surface area contributed by atoms with E-state index in [4.69, 9.17) is 10.5 Å².